The molecule has 0 saturated carbocycles. The minimum Gasteiger partial charge on any atom is -0.496 e. The van der Waals surface area contributed by atoms with E-state index < -0.39 is 0 Å². The summed E-state index contributed by atoms with van der Waals surface area (Å²) in [6.07, 6.45) is 2.20. The van der Waals surface area contributed by atoms with Crippen LogP contribution in [0.3, 0.4) is 0 Å². The fourth-order valence-corrected chi connectivity index (χ4v) is 3.08. The van der Waals surface area contributed by atoms with Gasteiger partial charge in [0.25, 0.3) is 5.91 Å². The molecule has 1 atom stereocenters. The van der Waals surface area contributed by atoms with Crippen LogP contribution < -0.4 is 10.1 Å². The van der Waals surface area contributed by atoms with E-state index >= 15 is 0 Å². The van der Waals surface area contributed by atoms with E-state index in [1.54, 1.807) is 25.3 Å². The van der Waals surface area contributed by atoms with Gasteiger partial charge >= 0.3 is 0 Å². The molecular formula is C15H21BrN2O2. The normalized spacial score (nSPS) is 19.6. The molecule has 20 heavy (non-hydrogen) atoms. The van der Waals surface area contributed by atoms with Crippen molar-refractivity contribution in [2.24, 2.45) is 0 Å². The van der Waals surface area contributed by atoms with Gasteiger partial charge in [0.2, 0.25) is 0 Å². The lowest BCUT2D eigenvalue weighted by Gasteiger charge is -2.32. The van der Waals surface area contributed by atoms with Gasteiger partial charge in [-0.05, 0) is 60.1 Å². The molecule has 1 N–H and O–H groups in total. The number of methoxy groups -OCH3 is 1. The van der Waals surface area contributed by atoms with Gasteiger partial charge < -0.3 is 15.0 Å². The quantitative estimate of drug-likeness (QED) is 0.916. The molecule has 1 aliphatic heterocycles. The van der Waals surface area contributed by atoms with Crippen molar-refractivity contribution in [3.63, 3.8) is 0 Å². The number of hydrogen-bond acceptors (Lipinski definition) is 3. The number of hydrogen-bond donors (Lipinski definition) is 1. The van der Waals surface area contributed by atoms with E-state index in [0.717, 1.165) is 42.7 Å². The summed E-state index contributed by atoms with van der Waals surface area (Å²) in [5.41, 5.74) is 0.659. The molecule has 0 radical (unpaired) electrons. The highest BCUT2D eigenvalue weighted by Crippen LogP contribution is 2.25. The fraction of sp³-hybridized carbons (Fsp3) is 0.533. The third-order valence-corrected chi connectivity index (χ3v) is 4.32. The summed E-state index contributed by atoms with van der Waals surface area (Å²) < 4.78 is 5.97. The maximum Gasteiger partial charge on any atom is 0.251 e. The Bertz CT molecular complexity index is 479. The van der Waals surface area contributed by atoms with Crippen LogP contribution >= 0.6 is 15.9 Å². The highest BCUT2D eigenvalue weighted by molar-refractivity contribution is 9.10. The van der Waals surface area contributed by atoms with Crippen LogP contribution in [0.25, 0.3) is 0 Å². The molecule has 1 amide bonds. The second-order valence-electron chi connectivity index (χ2n) is 5.06. The van der Waals surface area contributed by atoms with Crippen molar-refractivity contribution >= 4 is 21.8 Å². The Morgan fingerprint density at radius 3 is 3.00 bits per heavy atom. The molecule has 1 aromatic carbocycles. The number of nitrogens with one attached hydrogen (secondary N) is 1. The first-order valence-corrected chi connectivity index (χ1v) is 7.80. The van der Waals surface area contributed by atoms with Gasteiger partial charge in [-0.1, -0.05) is 6.92 Å². The Balaban J connectivity index is 1.99. The predicted molar refractivity (Wildman–Crippen MR) is 83.3 cm³/mol. The molecule has 5 heteroatoms. The molecule has 1 unspecified atom stereocenters. The van der Waals surface area contributed by atoms with Gasteiger partial charge in [-0.2, -0.15) is 0 Å². The number of likely N-dealkylation sites (N-methyl/N-ethyl adjacent to an activating group) is 1. The van der Waals surface area contributed by atoms with Crippen molar-refractivity contribution in [1.82, 2.24) is 10.2 Å². The summed E-state index contributed by atoms with van der Waals surface area (Å²) in [5, 5.41) is 3.12. The molecule has 1 fully saturated rings. The van der Waals surface area contributed by atoms with E-state index in [9.17, 15) is 4.79 Å². The number of rotatable bonds is 4. The van der Waals surface area contributed by atoms with Gasteiger partial charge in [0.05, 0.1) is 11.6 Å². The highest BCUT2D eigenvalue weighted by atomic mass is 79.9. The minimum absolute atomic E-state index is 0.0173. The lowest BCUT2D eigenvalue weighted by atomic mass is 10.1. The number of likely N-dealkylation sites (tertiary alicyclic amines) is 1. The first kappa shape index (κ1) is 15.3. The van der Waals surface area contributed by atoms with Crippen molar-refractivity contribution in [1.29, 1.82) is 0 Å². The SMILES string of the molecule is CCN1CCCC(NC(=O)c2ccc(OC)c(Br)c2)C1. The van der Waals surface area contributed by atoms with Crippen LogP contribution in [0, 0.1) is 0 Å². The molecule has 0 aromatic heterocycles. The Hall–Kier alpha value is -1.07. The second kappa shape index (κ2) is 7.09. The zero-order valence-electron chi connectivity index (χ0n) is 12.0. The van der Waals surface area contributed by atoms with E-state index in [0.29, 0.717) is 5.56 Å². The number of piperidine rings is 1. The van der Waals surface area contributed by atoms with Crippen molar-refractivity contribution in [2.75, 3.05) is 26.7 Å². The number of nitrogens with zero attached hydrogens (tertiary/aromatic N) is 1. The second-order valence-corrected chi connectivity index (χ2v) is 5.91. The van der Waals surface area contributed by atoms with Crippen LogP contribution in [0.4, 0.5) is 0 Å². The van der Waals surface area contributed by atoms with E-state index in [1.807, 2.05) is 0 Å². The Morgan fingerprint density at radius 1 is 1.55 bits per heavy atom. The lowest BCUT2D eigenvalue weighted by Crippen LogP contribution is -2.47. The number of carbonyl (C=O) groups is 1. The maximum absolute atomic E-state index is 12.3. The number of amides is 1. The van der Waals surface area contributed by atoms with Gasteiger partial charge in [0, 0.05) is 18.2 Å². The number of carbonyl (C=O) groups excluding carboxylic acids is 1. The molecule has 1 heterocycles. The Morgan fingerprint density at radius 2 is 2.35 bits per heavy atom. The minimum atomic E-state index is -0.0173. The van der Waals surface area contributed by atoms with Gasteiger partial charge in [-0.3, -0.25) is 4.79 Å². The van der Waals surface area contributed by atoms with Crippen molar-refractivity contribution in [3.8, 4) is 5.75 Å². The Labute approximate surface area is 128 Å². The zero-order valence-corrected chi connectivity index (χ0v) is 13.6. The van der Waals surface area contributed by atoms with Crippen LogP contribution in [-0.4, -0.2) is 43.6 Å². The first-order valence-electron chi connectivity index (χ1n) is 7.00. The molecule has 4 nitrogen and oxygen atoms in total. The average molecular weight is 341 g/mol. The van der Waals surface area contributed by atoms with Gasteiger partial charge in [0.1, 0.15) is 5.75 Å². The molecule has 0 aliphatic carbocycles. The molecule has 110 valence electrons. The molecule has 2 rings (SSSR count). The van der Waals surface area contributed by atoms with Crippen molar-refractivity contribution < 1.29 is 9.53 Å². The van der Waals surface area contributed by atoms with Gasteiger partial charge in [-0.15, -0.1) is 0 Å². The summed E-state index contributed by atoms with van der Waals surface area (Å²) in [4.78, 5) is 14.6. The van der Waals surface area contributed by atoms with Crippen LogP contribution in [0.5, 0.6) is 5.75 Å². The third kappa shape index (κ3) is 3.73. The standard InChI is InChI=1S/C15H21BrN2O2/c1-3-18-8-4-5-12(10-18)17-15(19)11-6-7-14(20-2)13(16)9-11/h6-7,9,12H,3-5,8,10H2,1-2H3,(H,17,19). The summed E-state index contributed by atoms with van der Waals surface area (Å²) in [6, 6.07) is 5.64. The summed E-state index contributed by atoms with van der Waals surface area (Å²) in [7, 11) is 1.61. The van der Waals surface area contributed by atoms with Crippen molar-refractivity contribution in [2.45, 2.75) is 25.8 Å². The molecule has 0 bridgehead atoms. The molecule has 1 aromatic rings. The summed E-state index contributed by atoms with van der Waals surface area (Å²) in [5.74, 6) is 0.715. The monoisotopic (exact) mass is 340 g/mol. The number of halogens is 1. The highest BCUT2D eigenvalue weighted by Gasteiger charge is 2.21. The predicted octanol–water partition coefficient (Wildman–Crippen LogP) is 2.67. The van der Waals surface area contributed by atoms with E-state index in [4.69, 9.17) is 4.74 Å². The summed E-state index contributed by atoms with van der Waals surface area (Å²) in [6.45, 7) is 5.28. The molecule has 1 aliphatic rings. The van der Waals surface area contributed by atoms with Gasteiger partial charge in [-0.25, -0.2) is 0 Å². The topological polar surface area (TPSA) is 41.6 Å². The maximum atomic E-state index is 12.3. The lowest BCUT2D eigenvalue weighted by molar-refractivity contribution is 0.0905. The van der Waals surface area contributed by atoms with Crippen LogP contribution in [-0.2, 0) is 0 Å². The number of ether oxygens (including phenoxy) is 1. The molecular weight excluding hydrogens is 320 g/mol. The first-order chi connectivity index (χ1) is 9.63. The van der Waals surface area contributed by atoms with Crippen LogP contribution in [0.2, 0.25) is 0 Å². The van der Waals surface area contributed by atoms with Crippen LogP contribution in [0.1, 0.15) is 30.1 Å². The fourth-order valence-electron chi connectivity index (χ4n) is 2.54. The largest absolute Gasteiger partial charge is 0.496 e. The zero-order chi connectivity index (χ0) is 14.5. The van der Waals surface area contributed by atoms with Crippen LogP contribution in [0.15, 0.2) is 22.7 Å². The van der Waals surface area contributed by atoms with Crippen molar-refractivity contribution in [3.05, 3.63) is 28.2 Å². The average Bonchev–Trinajstić information content (AvgIpc) is 2.47. The smallest absolute Gasteiger partial charge is 0.251 e. The van der Waals surface area contributed by atoms with E-state index in [2.05, 4.69) is 33.1 Å². The number of benzene rings is 1. The third-order valence-electron chi connectivity index (χ3n) is 3.70. The van der Waals surface area contributed by atoms with E-state index in [-0.39, 0.29) is 11.9 Å². The molecule has 0 spiro atoms. The van der Waals surface area contributed by atoms with Gasteiger partial charge in [0.15, 0.2) is 0 Å². The summed E-state index contributed by atoms with van der Waals surface area (Å²) >= 11 is 3.41. The Kier molecular flexibility index (Phi) is 5.43. The molecule has 1 saturated heterocycles. The van der Waals surface area contributed by atoms with E-state index in [1.165, 1.54) is 0 Å².